The summed E-state index contributed by atoms with van der Waals surface area (Å²) in [4.78, 5) is 26.5. The van der Waals surface area contributed by atoms with Crippen LogP contribution in [0.3, 0.4) is 0 Å². The second kappa shape index (κ2) is 5.52. The van der Waals surface area contributed by atoms with Gasteiger partial charge in [-0.05, 0) is 38.1 Å². The number of aryl methyl sites for hydroxylation is 2. The number of nitrogens with one attached hydrogen (secondary N) is 1. The van der Waals surface area contributed by atoms with Crippen molar-refractivity contribution in [2.24, 2.45) is 0 Å². The van der Waals surface area contributed by atoms with Crippen LogP contribution in [0.25, 0.3) is 11.0 Å². The number of aromatic amines is 1. The summed E-state index contributed by atoms with van der Waals surface area (Å²) >= 11 is 0. The van der Waals surface area contributed by atoms with Crippen molar-refractivity contribution in [2.45, 2.75) is 13.8 Å². The fourth-order valence-electron chi connectivity index (χ4n) is 2.37. The Labute approximate surface area is 126 Å². The minimum atomic E-state index is -0.417. The Kier molecular flexibility index (Phi) is 3.55. The molecule has 0 radical (unpaired) electrons. The molecule has 0 amide bonds. The highest BCUT2D eigenvalue weighted by Gasteiger charge is 2.12. The van der Waals surface area contributed by atoms with E-state index >= 15 is 0 Å². The molecule has 5 nitrogen and oxygen atoms in total. The summed E-state index contributed by atoms with van der Waals surface area (Å²) in [6.45, 7) is 3.68. The van der Waals surface area contributed by atoms with Crippen molar-refractivity contribution < 1.29 is 13.9 Å². The molecule has 0 spiro atoms. The average Bonchev–Trinajstić information content (AvgIpc) is 2.83. The van der Waals surface area contributed by atoms with Gasteiger partial charge in [0.2, 0.25) is 5.78 Å². The largest absolute Gasteiger partial charge is 0.485 e. The van der Waals surface area contributed by atoms with Gasteiger partial charge in [-0.25, -0.2) is 4.79 Å². The highest BCUT2D eigenvalue weighted by atomic mass is 16.5. The molecular formula is C17H15NO4. The molecule has 112 valence electrons. The van der Waals surface area contributed by atoms with E-state index in [1.54, 1.807) is 30.3 Å². The van der Waals surface area contributed by atoms with Crippen molar-refractivity contribution in [3.63, 3.8) is 0 Å². The number of benzene rings is 1. The van der Waals surface area contributed by atoms with Gasteiger partial charge >= 0.3 is 5.63 Å². The van der Waals surface area contributed by atoms with Crippen LogP contribution in [-0.4, -0.2) is 17.4 Å². The minimum Gasteiger partial charge on any atom is -0.485 e. The SMILES string of the molecule is Cc1cc(C(=O)COc2ccc3ccc(=O)oc3c2)c(C)[nH]1. The van der Waals surface area contributed by atoms with Crippen LogP contribution in [0.5, 0.6) is 5.75 Å². The van der Waals surface area contributed by atoms with Gasteiger partial charge in [-0.3, -0.25) is 4.79 Å². The molecule has 22 heavy (non-hydrogen) atoms. The van der Waals surface area contributed by atoms with Gasteiger partial charge in [0, 0.05) is 34.5 Å². The van der Waals surface area contributed by atoms with Crippen LogP contribution in [0.2, 0.25) is 0 Å². The van der Waals surface area contributed by atoms with E-state index in [4.69, 9.17) is 9.15 Å². The summed E-state index contributed by atoms with van der Waals surface area (Å²) < 4.78 is 10.6. The smallest absolute Gasteiger partial charge is 0.336 e. The molecule has 1 aromatic carbocycles. The topological polar surface area (TPSA) is 72.3 Å². The van der Waals surface area contributed by atoms with E-state index in [2.05, 4.69) is 4.98 Å². The third-order valence-electron chi connectivity index (χ3n) is 3.41. The Morgan fingerprint density at radius 2 is 1.95 bits per heavy atom. The van der Waals surface area contributed by atoms with Crippen LogP contribution in [0.1, 0.15) is 21.7 Å². The number of ether oxygens (including phenoxy) is 1. The summed E-state index contributed by atoms with van der Waals surface area (Å²) in [5, 5.41) is 0.801. The molecule has 3 aromatic rings. The molecule has 0 aliphatic heterocycles. The van der Waals surface area contributed by atoms with Crippen LogP contribution >= 0.6 is 0 Å². The first-order valence-corrected chi connectivity index (χ1v) is 6.89. The van der Waals surface area contributed by atoms with Gasteiger partial charge in [0.25, 0.3) is 0 Å². The average molecular weight is 297 g/mol. The molecule has 0 fully saturated rings. The second-order valence-corrected chi connectivity index (χ2v) is 5.16. The predicted molar refractivity (Wildman–Crippen MR) is 82.6 cm³/mol. The number of hydrogen-bond acceptors (Lipinski definition) is 4. The van der Waals surface area contributed by atoms with Crippen LogP contribution in [0.15, 0.2) is 45.6 Å². The summed E-state index contributed by atoms with van der Waals surface area (Å²) in [7, 11) is 0. The monoisotopic (exact) mass is 297 g/mol. The van der Waals surface area contributed by atoms with Crippen molar-refractivity contribution in [1.82, 2.24) is 4.98 Å². The summed E-state index contributed by atoms with van der Waals surface area (Å²) in [5.74, 6) is 0.386. The molecule has 0 bridgehead atoms. The Morgan fingerprint density at radius 3 is 2.68 bits per heavy atom. The molecule has 1 N–H and O–H groups in total. The van der Waals surface area contributed by atoms with E-state index in [9.17, 15) is 9.59 Å². The molecule has 0 aliphatic rings. The molecule has 5 heteroatoms. The maximum atomic E-state index is 12.2. The van der Waals surface area contributed by atoms with Crippen LogP contribution in [-0.2, 0) is 0 Å². The highest BCUT2D eigenvalue weighted by Crippen LogP contribution is 2.20. The van der Waals surface area contributed by atoms with Gasteiger partial charge in [-0.2, -0.15) is 0 Å². The summed E-state index contributed by atoms with van der Waals surface area (Å²) in [6, 6.07) is 9.99. The van der Waals surface area contributed by atoms with Gasteiger partial charge in [0.05, 0.1) is 0 Å². The minimum absolute atomic E-state index is 0.0687. The zero-order valence-electron chi connectivity index (χ0n) is 12.3. The van der Waals surface area contributed by atoms with Crippen LogP contribution < -0.4 is 10.4 Å². The van der Waals surface area contributed by atoms with E-state index < -0.39 is 5.63 Å². The molecule has 3 rings (SSSR count). The Morgan fingerprint density at radius 1 is 1.18 bits per heavy atom. The second-order valence-electron chi connectivity index (χ2n) is 5.16. The highest BCUT2D eigenvalue weighted by molar-refractivity contribution is 5.98. The van der Waals surface area contributed by atoms with Gasteiger partial charge in [0.1, 0.15) is 11.3 Å². The quantitative estimate of drug-likeness (QED) is 0.593. The number of rotatable bonds is 4. The molecule has 2 heterocycles. The fourth-order valence-corrected chi connectivity index (χ4v) is 2.37. The van der Waals surface area contributed by atoms with Crippen molar-refractivity contribution in [2.75, 3.05) is 6.61 Å². The number of aromatic nitrogens is 1. The lowest BCUT2D eigenvalue weighted by molar-refractivity contribution is 0.0921. The molecule has 0 saturated heterocycles. The van der Waals surface area contributed by atoms with Crippen molar-refractivity contribution in [1.29, 1.82) is 0 Å². The lowest BCUT2D eigenvalue weighted by atomic mass is 10.1. The van der Waals surface area contributed by atoms with Gasteiger partial charge in [0.15, 0.2) is 6.61 Å². The predicted octanol–water partition coefficient (Wildman–Crippen LogP) is 3.00. The number of ketones is 1. The van der Waals surface area contributed by atoms with Crippen molar-refractivity contribution in [3.8, 4) is 5.75 Å². The Hall–Kier alpha value is -2.82. The molecular weight excluding hydrogens is 282 g/mol. The molecule has 0 saturated carbocycles. The third kappa shape index (κ3) is 2.79. The van der Waals surface area contributed by atoms with E-state index in [1.807, 2.05) is 13.8 Å². The first-order valence-electron chi connectivity index (χ1n) is 6.89. The third-order valence-corrected chi connectivity index (χ3v) is 3.41. The summed E-state index contributed by atoms with van der Waals surface area (Å²) in [5.41, 5.74) is 2.42. The number of fused-ring (bicyclic) bond motifs is 1. The first-order chi connectivity index (χ1) is 10.5. The standard InChI is InChI=1S/C17H15NO4/c1-10-7-14(11(2)18-10)15(19)9-21-13-5-3-12-4-6-17(20)22-16(12)8-13/h3-8,18H,9H2,1-2H3. The van der Waals surface area contributed by atoms with Crippen molar-refractivity contribution in [3.05, 3.63) is 63.8 Å². The first kappa shape index (κ1) is 14.1. The number of Topliss-reactive ketones (excluding diaryl/α,β-unsaturated/α-hetero) is 1. The van der Waals surface area contributed by atoms with Gasteiger partial charge in [-0.15, -0.1) is 0 Å². The molecule has 0 unspecified atom stereocenters. The van der Waals surface area contributed by atoms with E-state index in [1.165, 1.54) is 6.07 Å². The zero-order chi connectivity index (χ0) is 15.7. The number of carbonyl (C=O) groups excluding carboxylic acids is 1. The van der Waals surface area contributed by atoms with Gasteiger partial charge in [-0.1, -0.05) is 0 Å². The Balaban J connectivity index is 1.77. The molecule has 0 atom stereocenters. The normalized spacial score (nSPS) is 10.8. The van der Waals surface area contributed by atoms with E-state index in [0.717, 1.165) is 16.8 Å². The van der Waals surface area contributed by atoms with Crippen LogP contribution in [0.4, 0.5) is 0 Å². The number of H-pyrrole nitrogens is 1. The van der Waals surface area contributed by atoms with Crippen molar-refractivity contribution >= 4 is 16.8 Å². The lowest BCUT2D eigenvalue weighted by Gasteiger charge is -2.06. The number of hydrogen-bond donors (Lipinski definition) is 1. The Bertz CT molecular complexity index is 904. The number of carbonyl (C=O) groups is 1. The summed E-state index contributed by atoms with van der Waals surface area (Å²) in [6.07, 6.45) is 0. The maximum Gasteiger partial charge on any atom is 0.336 e. The zero-order valence-corrected chi connectivity index (χ0v) is 12.3. The fraction of sp³-hybridized carbons (Fsp3) is 0.176. The van der Waals surface area contributed by atoms with Crippen LogP contribution in [0, 0.1) is 13.8 Å². The maximum absolute atomic E-state index is 12.2. The van der Waals surface area contributed by atoms with E-state index in [0.29, 0.717) is 16.9 Å². The van der Waals surface area contributed by atoms with E-state index in [-0.39, 0.29) is 12.4 Å². The lowest BCUT2D eigenvalue weighted by Crippen LogP contribution is -2.12. The van der Waals surface area contributed by atoms with Gasteiger partial charge < -0.3 is 14.1 Å². The molecule has 0 aliphatic carbocycles. The molecule has 2 aromatic heterocycles.